The number of nitrogens with zero attached hydrogens (tertiary/aromatic N) is 3. The van der Waals surface area contributed by atoms with E-state index in [4.69, 9.17) is 0 Å². The molecule has 3 heterocycles. The van der Waals surface area contributed by atoms with Crippen molar-refractivity contribution in [2.45, 2.75) is 12.5 Å². The highest BCUT2D eigenvalue weighted by molar-refractivity contribution is 9.11. The van der Waals surface area contributed by atoms with Crippen LogP contribution in [-0.2, 0) is 17.4 Å². The fourth-order valence-corrected chi connectivity index (χ4v) is 3.94. The molecule has 9 heteroatoms. The van der Waals surface area contributed by atoms with Gasteiger partial charge in [0.1, 0.15) is 5.69 Å². The van der Waals surface area contributed by atoms with Crippen molar-refractivity contribution in [2.75, 3.05) is 6.54 Å². The average molecular weight is 397 g/mol. The zero-order chi connectivity index (χ0) is 16.8. The van der Waals surface area contributed by atoms with E-state index in [0.29, 0.717) is 10.6 Å². The van der Waals surface area contributed by atoms with Crippen LogP contribution >= 0.6 is 27.3 Å². The Morgan fingerprint density at radius 1 is 1.39 bits per heavy atom. The molecule has 0 aromatic carbocycles. The van der Waals surface area contributed by atoms with Crippen LogP contribution in [0.2, 0.25) is 0 Å². The normalized spacial score (nSPS) is 20.9. The lowest BCUT2D eigenvalue weighted by molar-refractivity contribution is -0.130. The number of hydrogen-bond donors (Lipinski definition) is 1. The highest BCUT2D eigenvalue weighted by atomic mass is 79.9. The van der Waals surface area contributed by atoms with Gasteiger partial charge in [0.05, 0.1) is 10.3 Å². The first-order valence-corrected chi connectivity index (χ1v) is 8.35. The van der Waals surface area contributed by atoms with Gasteiger partial charge in [-0.05, 0) is 41.1 Å². The minimum absolute atomic E-state index is 0.313. The van der Waals surface area contributed by atoms with Gasteiger partial charge >= 0.3 is 6.03 Å². The van der Waals surface area contributed by atoms with Gasteiger partial charge in [-0.25, -0.2) is 4.79 Å². The molecular weight excluding hydrogens is 384 g/mol. The molecule has 23 heavy (non-hydrogen) atoms. The van der Waals surface area contributed by atoms with Crippen LogP contribution in [0.1, 0.15) is 22.3 Å². The Labute approximate surface area is 144 Å². The lowest BCUT2D eigenvalue weighted by atomic mass is 10.0. The first-order valence-electron chi connectivity index (χ1n) is 6.74. The molecule has 1 fully saturated rings. The lowest BCUT2D eigenvalue weighted by Gasteiger charge is -2.19. The summed E-state index contributed by atoms with van der Waals surface area (Å²) in [6.45, 7) is 1.33. The molecule has 3 rings (SSSR count). The maximum atomic E-state index is 12.7. The molecule has 1 atom stereocenters. The highest BCUT2D eigenvalue weighted by Gasteiger charge is 2.50. The van der Waals surface area contributed by atoms with Crippen molar-refractivity contribution in [1.82, 2.24) is 20.0 Å². The molecule has 0 bridgehead atoms. The van der Waals surface area contributed by atoms with Crippen LogP contribution in [-0.4, -0.2) is 38.9 Å². The number of aromatic nitrogens is 2. The quantitative estimate of drug-likeness (QED) is 0.631. The first kappa shape index (κ1) is 15.9. The van der Waals surface area contributed by atoms with E-state index in [-0.39, 0.29) is 12.3 Å². The predicted octanol–water partition coefficient (Wildman–Crippen LogP) is 1.89. The summed E-state index contributed by atoms with van der Waals surface area (Å²) in [6, 6.07) is 4.57. The summed E-state index contributed by atoms with van der Waals surface area (Å²) in [5.41, 5.74) is -0.807. The predicted molar refractivity (Wildman–Crippen MR) is 87.2 cm³/mol. The van der Waals surface area contributed by atoms with Crippen LogP contribution in [0, 0.1) is 0 Å². The summed E-state index contributed by atoms with van der Waals surface area (Å²) in [7, 11) is 1.63. The number of halogens is 1. The van der Waals surface area contributed by atoms with Crippen LogP contribution in [0.25, 0.3) is 0 Å². The Kier molecular flexibility index (Phi) is 3.85. The number of hydrogen-bond acceptors (Lipinski definition) is 5. The van der Waals surface area contributed by atoms with Crippen molar-refractivity contribution in [3.8, 4) is 0 Å². The van der Waals surface area contributed by atoms with E-state index in [2.05, 4.69) is 26.3 Å². The number of rotatable bonds is 4. The van der Waals surface area contributed by atoms with Gasteiger partial charge in [0.15, 0.2) is 5.54 Å². The largest absolute Gasteiger partial charge is 0.325 e. The molecule has 2 aromatic rings. The van der Waals surface area contributed by atoms with Gasteiger partial charge in [0.2, 0.25) is 5.78 Å². The zero-order valence-electron chi connectivity index (χ0n) is 12.4. The molecule has 1 aliphatic heterocycles. The SMILES string of the molecule is Cn1nccc1C(=O)CN1C(=O)NC(C)(c2ccc(Br)s2)C1=O. The average Bonchev–Trinajstić information content (AvgIpc) is 3.16. The van der Waals surface area contributed by atoms with Gasteiger partial charge in [-0.2, -0.15) is 5.10 Å². The molecule has 1 unspecified atom stereocenters. The fraction of sp³-hybridized carbons (Fsp3) is 0.286. The molecule has 0 spiro atoms. The van der Waals surface area contributed by atoms with E-state index >= 15 is 0 Å². The van der Waals surface area contributed by atoms with Crippen molar-refractivity contribution in [3.63, 3.8) is 0 Å². The molecule has 0 aliphatic carbocycles. The fourth-order valence-electron chi connectivity index (χ4n) is 2.46. The molecule has 1 N–H and O–H groups in total. The van der Waals surface area contributed by atoms with E-state index in [1.165, 1.54) is 22.2 Å². The monoisotopic (exact) mass is 396 g/mol. The van der Waals surface area contributed by atoms with E-state index in [1.807, 2.05) is 6.07 Å². The highest BCUT2D eigenvalue weighted by Crippen LogP contribution is 2.35. The van der Waals surface area contributed by atoms with E-state index in [1.54, 1.807) is 26.1 Å². The lowest BCUT2D eigenvalue weighted by Crippen LogP contribution is -2.41. The standard InChI is InChI=1S/C14H13BrN4O3S/c1-14(10-3-4-11(15)23-10)12(21)19(13(22)17-14)7-9(20)8-5-6-16-18(8)2/h3-6H,7H2,1-2H3,(H,17,22). The summed E-state index contributed by atoms with van der Waals surface area (Å²) in [5, 5.41) is 6.59. The Hall–Kier alpha value is -2.00. The third-order valence-corrected chi connectivity index (χ3v) is 5.59. The van der Waals surface area contributed by atoms with Crippen molar-refractivity contribution in [1.29, 1.82) is 0 Å². The Morgan fingerprint density at radius 3 is 2.70 bits per heavy atom. The number of carbonyl (C=O) groups excluding carboxylic acids is 3. The first-order chi connectivity index (χ1) is 10.8. The summed E-state index contributed by atoms with van der Waals surface area (Å²) in [6.07, 6.45) is 1.49. The van der Waals surface area contributed by atoms with Crippen molar-refractivity contribution in [2.24, 2.45) is 7.05 Å². The summed E-state index contributed by atoms with van der Waals surface area (Å²) in [4.78, 5) is 38.8. The van der Waals surface area contributed by atoms with E-state index in [9.17, 15) is 14.4 Å². The van der Waals surface area contributed by atoms with E-state index < -0.39 is 17.5 Å². The number of Topliss-reactive ketones (excluding diaryl/α,β-unsaturated/α-hetero) is 1. The zero-order valence-corrected chi connectivity index (χ0v) is 14.8. The number of amides is 3. The molecular formula is C14H13BrN4O3S. The van der Waals surface area contributed by atoms with E-state index in [0.717, 1.165) is 8.69 Å². The third-order valence-electron chi connectivity index (χ3n) is 3.75. The van der Waals surface area contributed by atoms with Gasteiger partial charge in [-0.3, -0.25) is 19.2 Å². The number of urea groups is 1. The Bertz CT molecular complexity index is 815. The number of aryl methyl sites for hydroxylation is 1. The Balaban J connectivity index is 1.85. The summed E-state index contributed by atoms with van der Waals surface area (Å²) in [5.74, 6) is -0.780. The second kappa shape index (κ2) is 5.57. The minimum atomic E-state index is -1.15. The number of carbonyl (C=O) groups is 3. The van der Waals surface area contributed by atoms with Crippen LogP contribution in [0.5, 0.6) is 0 Å². The number of ketones is 1. The molecule has 7 nitrogen and oxygen atoms in total. The molecule has 120 valence electrons. The van der Waals surface area contributed by atoms with Gasteiger partial charge in [-0.15, -0.1) is 11.3 Å². The molecule has 0 radical (unpaired) electrons. The maximum absolute atomic E-state index is 12.7. The van der Waals surface area contributed by atoms with Crippen LogP contribution in [0.3, 0.4) is 0 Å². The number of imide groups is 1. The minimum Gasteiger partial charge on any atom is -0.319 e. The van der Waals surface area contributed by atoms with Gasteiger partial charge < -0.3 is 5.32 Å². The van der Waals surface area contributed by atoms with Gasteiger partial charge in [0, 0.05) is 18.1 Å². The molecule has 0 saturated carbocycles. The topological polar surface area (TPSA) is 84.3 Å². The van der Waals surface area contributed by atoms with Crippen molar-refractivity contribution in [3.05, 3.63) is 38.8 Å². The second-order valence-electron chi connectivity index (χ2n) is 5.31. The van der Waals surface area contributed by atoms with Gasteiger partial charge in [-0.1, -0.05) is 0 Å². The molecule has 1 aliphatic rings. The van der Waals surface area contributed by atoms with Crippen LogP contribution in [0.15, 0.2) is 28.2 Å². The smallest absolute Gasteiger partial charge is 0.319 e. The van der Waals surface area contributed by atoms with Crippen molar-refractivity contribution >= 4 is 45.0 Å². The number of thiophene rings is 1. The maximum Gasteiger partial charge on any atom is 0.325 e. The number of nitrogens with one attached hydrogen (secondary N) is 1. The molecule has 2 aromatic heterocycles. The van der Waals surface area contributed by atoms with Gasteiger partial charge in [0.25, 0.3) is 5.91 Å². The molecule has 3 amide bonds. The summed E-state index contributed by atoms with van der Waals surface area (Å²) >= 11 is 4.71. The summed E-state index contributed by atoms with van der Waals surface area (Å²) < 4.78 is 2.27. The van der Waals surface area contributed by atoms with Crippen LogP contribution < -0.4 is 5.32 Å². The Morgan fingerprint density at radius 2 is 2.13 bits per heavy atom. The van der Waals surface area contributed by atoms with Crippen LogP contribution in [0.4, 0.5) is 4.79 Å². The van der Waals surface area contributed by atoms with Crippen molar-refractivity contribution < 1.29 is 14.4 Å². The third kappa shape index (κ3) is 2.59. The molecule has 1 saturated heterocycles. The second-order valence-corrected chi connectivity index (χ2v) is 7.78.